The minimum atomic E-state index is 0.612. The van der Waals surface area contributed by atoms with Gasteiger partial charge in [0.1, 0.15) is 11.8 Å². The van der Waals surface area contributed by atoms with Crippen molar-refractivity contribution in [2.75, 3.05) is 51.8 Å². The molecule has 0 atom stereocenters. The summed E-state index contributed by atoms with van der Waals surface area (Å²) >= 11 is 0. The molecular formula is C14H19N3O2. The van der Waals surface area contributed by atoms with Gasteiger partial charge < -0.3 is 14.8 Å². The second-order valence-corrected chi connectivity index (χ2v) is 4.38. The number of nitriles is 1. The third-order valence-corrected chi connectivity index (χ3v) is 3.20. The number of ether oxygens (including phenoxy) is 2. The second kappa shape index (κ2) is 6.98. The Bertz CT molecular complexity index is 450. The van der Waals surface area contributed by atoms with E-state index in [4.69, 9.17) is 14.7 Å². The van der Waals surface area contributed by atoms with Gasteiger partial charge in [-0.15, -0.1) is 0 Å². The van der Waals surface area contributed by atoms with Crippen LogP contribution < -0.4 is 10.1 Å². The van der Waals surface area contributed by atoms with Crippen LogP contribution >= 0.6 is 0 Å². The number of hydrogen-bond donors (Lipinski definition) is 1. The number of nitrogens with zero attached hydrogens (tertiary/aromatic N) is 2. The summed E-state index contributed by atoms with van der Waals surface area (Å²) in [6.07, 6.45) is 0. The van der Waals surface area contributed by atoms with E-state index in [0.717, 1.165) is 45.1 Å². The molecule has 1 aliphatic heterocycles. The highest BCUT2D eigenvalue weighted by atomic mass is 16.5. The van der Waals surface area contributed by atoms with Crippen LogP contribution in [0.1, 0.15) is 5.56 Å². The minimum absolute atomic E-state index is 0.612. The van der Waals surface area contributed by atoms with E-state index < -0.39 is 0 Å². The Labute approximate surface area is 113 Å². The number of rotatable bonds is 5. The van der Waals surface area contributed by atoms with Crippen LogP contribution in [0.25, 0.3) is 0 Å². The van der Waals surface area contributed by atoms with E-state index in [1.807, 2.05) is 12.1 Å². The maximum Gasteiger partial charge on any atom is 0.143 e. The molecular weight excluding hydrogens is 242 g/mol. The molecule has 0 aromatic heterocycles. The van der Waals surface area contributed by atoms with Crippen LogP contribution in [0.2, 0.25) is 0 Å². The molecule has 2 rings (SSSR count). The lowest BCUT2D eigenvalue weighted by atomic mass is 10.2. The summed E-state index contributed by atoms with van der Waals surface area (Å²) in [6, 6.07) is 7.66. The number of para-hydroxylation sites is 1. The predicted octanol–water partition coefficient (Wildman–Crippen LogP) is 1.31. The van der Waals surface area contributed by atoms with E-state index in [1.165, 1.54) is 0 Å². The molecule has 5 heteroatoms. The Hall–Kier alpha value is -1.77. The molecule has 0 unspecified atom stereocenters. The Morgan fingerprint density at radius 3 is 2.89 bits per heavy atom. The van der Waals surface area contributed by atoms with Crippen LogP contribution in [-0.4, -0.2) is 51.4 Å². The van der Waals surface area contributed by atoms with Gasteiger partial charge in [0.15, 0.2) is 0 Å². The zero-order valence-electron chi connectivity index (χ0n) is 11.2. The first-order valence-corrected chi connectivity index (χ1v) is 6.46. The molecule has 1 aromatic carbocycles. The van der Waals surface area contributed by atoms with Crippen molar-refractivity contribution < 1.29 is 9.47 Å². The Morgan fingerprint density at radius 1 is 1.42 bits per heavy atom. The molecule has 0 spiro atoms. The molecule has 1 aromatic rings. The average molecular weight is 261 g/mol. The topological polar surface area (TPSA) is 57.5 Å². The molecule has 102 valence electrons. The summed E-state index contributed by atoms with van der Waals surface area (Å²) in [4.78, 5) is 2.35. The van der Waals surface area contributed by atoms with Gasteiger partial charge in [-0.3, -0.25) is 4.90 Å². The monoisotopic (exact) mass is 261 g/mol. The molecule has 1 aliphatic rings. The van der Waals surface area contributed by atoms with Crippen LogP contribution in [-0.2, 0) is 4.74 Å². The van der Waals surface area contributed by atoms with Crippen molar-refractivity contribution in [1.82, 2.24) is 4.90 Å². The van der Waals surface area contributed by atoms with Gasteiger partial charge in [0.05, 0.1) is 31.6 Å². The van der Waals surface area contributed by atoms with Crippen molar-refractivity contribution in [3.8, 4) is 11.8 Å². The molecule has 5 nitrogen and oxygen atoms in total. The van der Waals surface area contributed by atoms with Gasteiger partial charge in [-0.05, 0) is 12.1 Å². The fourth-order valence-electron chi connectivity index (χ4n) is 2.14. The molecule has 1 fully saturated rings. The van der Waals surface area contributed by atoms with E-state index >= 15 is 0 Å². The molecule has 1 heterocycles. The van der Waals surface area contributed by atoms with Gasteiger partial charge in [-0.1, -0.05) is 6.07 Å². The summed E-state index contributed by atoms with van der Waals surface area (Å²) in [6.45, 7) is 5.27. The Morgan fingerprint density at radius 2 is 2.21 bits per heavy atom. The SMILES string of the molecule is COc1cccc(C#N)c1NCCN1CCOCC1. The predicted molar refractivity (Wildman–Crippen MR) is 73.5 cm³/mol. The quantitative estimate of drug-likeness (QED) is 0.866. The molecule has 0 bridgehead atoms. The highest BCUT2D eigenvalue weighted by molar-refractivity contribution is 5.66. The fraction of sp³-hybridized carbons (Fsp3) is 0.500. The summed E-state index contributed by atoms with van der Waals surface area (Å²) in [5.74, 6) is 0.709. The summed E-state index contributed by atoms with van der Waals surface area (Å²) in [7, 11) is 1.61. The van der Waals surface area contributed by atoms with Crippen molar-refractivity contribution in [3.63, 3.8) is 0 Å². The van der Waals surface area contributed by atoms with Crippen LogP contribution in [0.5, 0.6) is 5.75 Å². The lowest BCUT2D eigenvalue weighted by molar-refractivity contribution is 0.0398. The Balaban J connectivity index is 1.93. The van der Waals surface area contributed by atoms with Gasteiger partial charge >= 0.3 is 0 Å². The van der Waals surface area contributed by atoms with Gasteiger partial charge in [0.25, 0.3) is 0 Å². The van der Waals surface area contributed by atoms with Gasteiger partial charge in [0.2, 0.25) is 0 Å². The van der Waals surface area contributed by atoms with Crippen molar-refractivity contribution in [2.45, 2.75) is 0 Å². The lowest BCUT2D eigenvalue weighted by Crippen LogP contribution is -2.39. The first kappa shape index (κ1) is 13.7. The highest BCUT2D eigenvalue weighted by Crippen LogP contribution is 2.27. The van der Waals surface area contributed by atoms with Crippen LogP contribution in [0.3, 0.4) is 0 Å². The maximum atomic E-state index is 9.11. The van der Waals surface area contributed by atoms with Crippen molar-refractivity contribution in [3.05, 3.63) is 23.8 Å². The van der Waals surface area contributed by atoms with Crippen molar-refractivity contribution in [2.24, 2.45) is 0 Å². The molecule has 1 saturated heterocycles. The molecule has 0 radical (unpaired) electrons. The molecule has 0 amide bonds. The van der Waals surface area contributed by atoms with Crippen LogP contribution in [0.4, 0.5) is 5.69 Å². The molecule has 19 heavy (non-hydrogen) atoms. The van der Waals surface area contributed by atoms with Crippen molar-refractivity contribution in [1.29, 1.82) is 5.26 Å². The number of anilines is 1. The zero-order valence-corrected chi connectivity index (χ0v) is 11.2. The zero-order chi connectivity index (χ0) is 13.5. The van der Waals surface area contributed by atoms with Crippen molar-refractivity contribution >= 4 is 5.69 Å². The lowest BCUT2D eigenvalue weighted by Gasteiger charge is -2.26. The van der Waals surface area contributed by atoms with E-state index in [1.54, 1.807) is 13.2 Å². The number of morpholine rings is 1. The maximum absolute atomic E-state index is 9.11. The largest absolute Gasteiger partial charge is 0.495 e. The average Bonchev–Trinajstić information content (AvgIpc) is 2.48. The van der Waals surface area contributed by atoms with Gasteiger partial charge in [0, 0.05) is 26.2 Å². The van der Waals surface area contributed by atoms with Crippen LogP contribution in [0, 0.1) is 11.3 Å². The summed E-state index contributed by atoms with van der Waals surface area (Å²) in [5, 5.41) is 12.4. The van der Waals surface area contributed by atoms with E-state index in [0.29, 0.717) is 11.3 Å². The first-order valence-electron chi connectivity index (χ1n) is 6.46. The number of nitrogens with one attached hydrogen (secondary N) is 1. The third-order valence-electron chi connectivity index (χ3n) is 3.20. The normalized spacial score (nSPS) is 15.8. The number of benzene rings is 1. The molecule has 0 aliphatic carbocycles. The summed E-state index contributed by atoms with van der Waals surface area (Å²) in [5.41, 5.74) is 1.39. The van der Waals surface area contributed by atoms with Gasteiger partial charge in [-0.25, -0.2) is 0 Å². The Kier molecular flexibility index (Phi) is 5.01. The van der Waals surface area contributed by atoms with Crippen LogP contribution in [0.15, 0.2) is 18.2 Å². The standard InChI is InChI=1S/C14H19N3O2/c1-18-13-4-2-3-12(11-15)14(13)16-5-6-17-7-9-19-10-8-17/h2-4,16H,5-10H2,1H3. The number of methoxy groups -OCH3 is 1. The second-order valence-electron chi connectivity index (χ2n) is 4.38. The first-order chi connectivity index (χ1) is 9.35. The summed E-state index contributed by atoms with van der Waals surface area (Å²) < 4.78 is 10.6. The third kappa shape index (κ3) is 3.60. The van der Waals surface area contributed by atoms with E-state index in [2.05, 4.69) is 16.3 Å². The van der Waals surface area contributed by atoms with E-state index in [9.17, 15) is 0 Å². The molecule has 1 N–H and O–H groups in total. The van der Waals surface area contributed by atoms with Gasteiger partial charge in [-0.2, -0.15) is 5.26 Å². The highest BCUT2D eigenvalue weighted by Gasteiger charge is 2.11. The number of hydrogen-bond acceptors (Lipinski definition) is 5. The fourth-order valence-corrected chi connectivity index (χ4v) is 2.14. The smallest absolute Gasteiger partial charge is 0.143 e. The minimum Gasteiger partial charge on any atom is -0.495 e. The van der Waals surface area contributed by atoms with E-state index in [-0.39, 0.29) is 0 Å². The molecule has 0 saturated carbocycles.